The van der Waals surface area contributed by atoms with Gasteiger partial charge in [-0.2, -0.15) is 0 Å². The Morgan fingerprint density at radius 1 is 1.37 bits per heavy atom. The highest BCUT2D eigenvalue weighted by molar-refractivity contribution is 9.10. The van der Waals surface area contributed by atoms with E-state index >= 15 is 0 Å². The van der Waals surface area contributed by atoms with Crippen LogP contribution in [0.15, 0.2) is 39.9 Å². The van der Waals surface area contributed by atoms with Crippen molar-refractivity contribution in [3.8, 4) is 11.6 Å². The molecule has 1 heterocycles. The zero-order chi connectivity index (χ0) is 14.0. The number of ether oxygens (including phenoxy) is 1. The van der Waals surface area contributed by atoms with Crippen LogP contribution >= 0.6 is 15.9 Å². The molecule has 0 aliphatic carbocycles. The number of aromatic nitrogens is 2. The van der Waals surface area contributed by atoms with E-state index in [0.717, 1.165) is 10.0 Å². The van der Waals surface area contributed by atoms with Crippen LogP contribution in [-0.2, 0) is 0 Å². The Morgan fingerprint density at radius 2 is 2.11 bits per heavy atom. The molecule has 19 heavy (non-hydrogen) atoms. The summed E-state index contributed by atoms with van der Waals surface area (Å²) >= 11 is 3.41. The van der Waals surface area contributed by atoms with Crippen molar-refractivity contribution in [2.24, 2.45) is 0 Å². The summed E-state index contributed by atoms with van der Waals surface area (Å²) in [5.41, 5.74) is 0.879. The molecule has 5 heteroatoms. The fraction of sp³-hybridized carbons (Fsp3) is 0.286. The molecule has 0 unspecified atom stereocenters. The van der Waals surface area contributed by atoms with E-state index in [-0.39, 0.29) is 17.5 Å². The van der Waals surface area contributed by atoms with E-state index < -0.39 is 0 Å². The summed E-state index contributed by atoms with van der Waals surface area (Å²) in [7, 11) is 0. The molecule has 0 saturated carbocycles. The van der Waals surface area contributed by atoms with E-state index in [0.29, 0.717) is 5.75 Å². The summed E-state index contributed by atoms with van der Waals surface area (Å²) in [5.74, 6) is 0.664. The second kappa shape index (κ2) is 5.57. The molecule has 0 spiro atoms. The van der Waals surface area contributed by atoms with E-state index in [1.807, 2.05) is 39.0 Å². The minimum Gasteiger partial charge on any atom is -0.433 e. The third-order valence-corrected chi connectivity index (χ3v) is 3.31. The molecule has 0 amide bonds. The maximum atomic E-state index is 12.2. The first kappa shape index (κ1) is 13.8. The highest BCUT2D eigenvalue weighted by Gasteiger charge is 2.11. The minimum atomic E-state index is -0.232. The molecule has 0 aliphatic heterocycles. The van der Waals surface area contributed by atoms with Crippen molar-refractivity contribution in [3.05, 3.63) is 51.0 Å². The third-order valence-electron chi connectivity index (χ3n) is 2.69. The normalized spacial score (nSPS) is 10.8. The third kappa shape index (κ3) is 3.04. The molecule has 1 aromatic carbocycles. The molecule has 100 valence electrons. The van der Waals surface area contributed by atoms with Crippen LogP contribution in [0.5, 0.6) is 11.6 Å². The zero-order valence-electron chi connectivity index (χ0n) is 11.1. The summed E-state index contributed by atoms with van der Waals surface area (Å²) in [6, 6.07) is 5.73. The van der Waals surface area contributed by atoms with Gasteiger partial charge in [0.25, 0.3) is 5.88 Å². The van der Waals surface area contributed by atoms with Gasteiger partial charge in [0.05, 0.1) is 4.47 Å². The van der Waals surface area contributed by atoms with Crippen LogP contribution in [0.25, 0.3) is 0 Å². The summed E-state index contributed by atoms with van der Waals surface area (Å²) in [4.78, 5) is 16.2. The Morgan fingerprint density at radius 3 is 2.74 bits per heavy atom. The van der Waals surface area contributed by atoms with Gasteiger partial charge >= 0.3 is 5.56 Å². The van der Waals surface area contributed by atoms with E-state index in [2.05, 4.69) is 20.9 Å². The summed E-state index contributed by atoms with van der Waals surface area (Å²) in [5, 5.41) is 0. The Balaban J connectivity index is 2.39. The topological polar surface area (TPSA) is 44.1 Å². The van der Waals surface area contributed by atoms with E-state index in [9.17, 15) is 4.79 Å². The molecule has 1 aromatic heterocycles. The van der Waals surface area contributed by atoms with Crippen molar-refractivity contribution in [1.82, 2.24) is 9.55 Å². The molecule has 0 atom stereocenters. The van der Waals surface area contributed by atoms with Crippen molar-refractivity contribution < 1.29 is 4.74 Å². The molecular weight excluding hydrogens is 308 g/mol. The quantitative estimate of drug-likeness (QED) is 0.865. The molecule has 0 aliphatic rings. The summed E-state index contributed by atoms with van der Waals surface area (Å²) in [6.07, 6.45) is 3.23. The van der Waals surface area contributed by atoms with Crippen LogP contribution in [0.4, 0.5) is 0 Å². The zero-order valence-corrected chi connectivity index (χ0v) is 12.6. The van der Waals surface area contributed by atoms with Gasteiger partial charge in [0.1, 0.15) is 5.75 Å². The summed E-state index contributed by atoms with van der Waals surface area (Å²) < 4.78 is 7.98. The van der Waals surface area contributed by atoms with Gasteiger partial charge in [-0.05, 0) is 54.4 Å². The Bertz CT molecular complexity index is 650. The Hall–Kier alpha value is -1.62. The lowest BCUT2D eigenvalue weighted by molar-refractivity contribution is 0.434. The van der Waals surface area contributed by atoms with Crippen LogP contribution in [0, 0.1) is 6.92 Å². The van der Waals surface area contributed by atoms with Crippen LogP contribution in [0.1, 0.15) is 25.5 Å². The molecule has 0 bridgehead atoms. The first-order valence-corrected chi connectivity index (χ1v) is 6.79. The second-order valence-electron chi connectivity index (χ2n) is 4.57. The molecular formula is C14H15BrN2O2. The number of hydrogen-bond donors (Lipinski definition) is 0. The van der Waals surface area contributed by atoms with Crippen molar-refractivity contribution in [1.29, 1.82) is 0 Å². The maximum Gasteiger partial charge on any atom is 0.313 e. The van der Waals surface area contributed by atoms with Crippen molar-refractivity contribution >= 4 is 15.9 Å². The van der Waals surface area contributed by atoms with Crippen LogP contribution in [0.3, 0.4) is 0 Å². The van der Waals surface area contributed by atoms with Gasteiger partial charge in [0, 0.05) is 18.4 Å². The lowest BCUT2D eigenvalue weighted by Gasteiger charge is -2.11. The monoisotopic (exact) mass is 322 g/mol. The molecule has 0 saturated heterocycles. The predicted octanol–water partition coefficient (Wildman–Crippen LogP) is 3.69. The molecule has 2 aromatic rings. The lowest BCUT2D eigenvalue weighted by Crippen LogP contribution is -2.23. The van der Waals surface area contributed by atoms with Crippen LogP contribution in [-0.4, -0.2) is 9.55 Å². The molecule has 0 N–H and O–H groups in total. The van der Waals surface area contributed by atoms with Crippen molar-refractivity contribution in [2.75, 3.05) is 0 Å². The van der Waals surface area contributed by atoms with Gasteiger partial charge in [0.15, 0.2) is 0 Å². The maximum absolute atomic E-state index is 12.2. The van der Waals surface area contributed by atoms with Crippen LogP contribution < -0.4 is 10.3 Å². The van der Waals surface area contributed by atoms with Crippen molar-refractivity contribution in [2.45, 2.75) is 26.8 Å². The van der Waals surface area contributed by atoms with Gasteiger partial charge in [-0.25, -0.2) is 4.98 Å². The smallest absolute Gasteiger partial charge is 0.313 e. The van der Waals surface area contributed by atoms with E-state index in [1.165, 1.54) is 0 Å². The number of aryl methyl sites for hydroxylation is 1. The highest BCUT2D eigenvalue weighted by Crippen LogP contribution is 2.28. The molecule has 0 radical (unpaired) electrons. The fourth-order valence-corrected chi connectivity index (χ4v) is 2.25. The lowest BCUT2D eigenvalue weighted by atomic mass is 10.2. The number of nitrogens with zero attached hydrogens (tertiary/aromatic N) is 2. The Kier molecular flexibility index (Phi) is 4.04. The van der Waals surface area contributed by atoms with Crippen molar-refractivity contribution in [3.63, 3.8) is 0 Å². The average molecular weight is 323 g/mol. The van der Waals surface area contributed by atoms with Crippen LogP contribution in [0.2, 0.25) is 0 Å². The molecule has 4 nitrogen and oxygen atoms in total. The molecule has 2 rings (SSSR count). The number of hydrogen-bond acceptors (Lipinski definition) is 3. The molecule has 0 fully saturated rings. The predicted molar refractivity (Wildman–Crippen MR) is 77.8 cm³/mol. The number of benzene rings is 1. The first-order chi connectivity index (χ1) is 8.99. The second-order valence-corrected chi connectivity index (χ2v) is 5.43. The summed E-state index contributed by atoms with van der Waals surface area (Å²) in [6.45, 7) is 5.86. The average Bonchev–Trinajstić information content (AvgIpc) is 2.34. The standard InChI is InChI=1S/C14H15BrN2O2/c1-9(2)17-7-6-16-13(14(17)18)19-12-5-4-10(3)8-11(12)15/h4-9H,1-3H3. The first-order valence-electron chi connectivity index (χ1n) is 6.00. The number of halogens is 1. The van der Waals surface area contributed by atoms with Gasteiger partial charge in [-0.15, -0.1) is 0 Å². The SMILES string of the molecule is Cc1ccc(Oc2nccn(C(C)C)c2=O)c(Br)c1. The Labute approximate surface area is 120 Å². The van der Waals surface area contributed by atoms with Gasteiger partial charge in [0.2, 0.25) is 0 Å². The minimum absolute atomic E-state index is 0.0688. The fourth-order valence-electron chi connectivity index (χ4n) is 1.68. The number of rotatable bonds is 3. The van der Waals surface area contributed by atoms with Gasteiger partial charge in [-0.1, -0.05) is 6.07 Å². The van der Waals surface area contributed by atoms with Gasteiger partial charge in [-0.3, -0.25) is 4.79 Å². The van der Waals surface area contributed by atoms with E-state index in [1.54, 1.807) is 17.0 Å². The van der Waals surface area contributed by atoms with E-state index in [4.69, 9.17) is 4.74 Å². The largest absolute Gasteiger partial charge is 0.433 e. The van der Waals surface area contributed by atoms with Gasteiger partial charge < -0.3 is 9.30 Å². The highest BCUT2D eigenvalue weighted by atomic mass is 79.9.